The number of ketones is 1. The number of anilines is 2. The summed E-state index contributed by atoms with van der Waals surface area (Å²) in [7, 11) is 2.04. The largest absolute Gasteiger partial charge is 0.397 e. The molecule has 5 heteroatoms. The fraction of sp³-hybridized carbons (Fsp3) is 0.222. The van der Waals surface area contributed by atoms with Crippen LogP contribution in [-0.2, 0) is 6.42 Å². The van der Waals surface area contributed by atoms with Crippen LogP contribution in [0.5, 0.6) is 0 Å². The molecule has 2 aromatic heterocycles. The third-order valence-electron chi connectivity index (χ3n) is 3.92. The van der Waals surface area contributed by atoms with E-state index in [4.69, 9.17) is 5.73 Å². The molecule has 0 radical (unpaired) electrons. The number of pyridine rings is 1. The number of aromatic nitrogens is 1. The molecular formula is C18H19N3OS. The molecule has 0 atom stereocenters. The van der Waals surface area contributed by atoms with Crippen LogP contribution in [0.1, 0.15) is 22.2 Å². The van der Waals surface area contributed by atoms with Crippen molar-refractivity contribution in [3.05, 3.63) is 53.0 Å². The maximum Gasteiger partial charge on any atom is 0.171 e. The van der Waals surface area contributed by atoms with Gasteiger partial charge in [-0.1, -0.05) is 30.3 Å². The second-order valence-electron chi connectivity index (χ2n) is 5.57. The molecule has 118 valence electrons. The van der Waals surface area contributed by atoms with Crippen LogP contribution in [0.15, 0.2) is 42.6 Å². The van der Waals surface area contributed by atoms with Crippen LogP contribution < -0.4 is 10.6 Å². The van der Waals surface area contributed by atoms with Gasteiger partial charge in [-0.25, -0.2) is 4.98 Å². The molecule has 0 aliphatic rings. The smallest absolute Gasteiger partial charge is 0.171 e. The van der Waals surface area contributed by atoms with E-state index in [1.165, 1.54) is 16.9 Å². The molecular weight excluding hydrogens is 306 g/mol. The van der Waals surface area contributed by atoms with Gasteiger partial charge in [0.1, 0.15) is 4.83 Å². The van der Waals surface area contributed by atoms with Crippen molar-refractivity contribution in [2.45, 2.75) is 13.3 Å². The van der Waals surface area contributed by atoms with Gasteiger partial charge < -0.3 is 10.6 Å². The van der Waals surface area contributed by atoms with Crippen LogP contribution in [0.2, 0.25) is 0 Å². The van der Waals surface area contributed by atoms with Crippen LogP contribution in [-0.4, -0.2) is 24.4 Å². The molecule has 0 aliphatic carbocycles. The molecule has 3 rings (SSSR count). The number of fused-ring (bicyclic) bond motifs is 1. The Bertz CT molecular complexity index is 842. The number of hydrogen-bond donors (Lipinski definition) is 1. The molecule has 1 aromatic carbocycles. The number of hydrogen-bond acceptors (Lipinski definition) is 5. The number of Topliss-reactive ketones (excluding diaryl/α,β-unsaturated/α-hetero) is 1. The van der Waals surface area contributed by atoms with Crippen molar-refractivity contribution in [1.82, 2.24) is 4.98 Å². The molecule has 0 spiro atoms. The highest BCUT2D eigenvalue weighted by Crippen LogP contribution is 2.38. The SMILES string of the molecule is CC(=O)c1sc2nccc(N(C)CCc3ccccc3)c2c1N. The van der Waals surface area contributed by atoms with Gasteiger partial charge in [-0.2, -0.15) is 0 Å². The van der Waals surface area contributed by atoms with Gasteiger partial charge in [-0.05, 0) is 18.1 Å². The van der Waals surface area contributed by atoms with Gasteiger partial charge in [-0.3, -0.25) is 4.79 Å². The molecule has 0 fully saturated rings. The number of thiophene rings is 1. The number of carbonyl (C=O) groups excluding carboxylic acids is 1. The molecule has 0 saturated carbocycles. The number of rotatable bonds is 5. The van der Waals surface area contributed by atoms with Crippen LogP contribution in [0.25, 0.3) is 10.2 Å². The van der Waals surface area contributed by atoms with E-state index in [0.29, 0.717) is 10.6 Å². The Hall–Kier alpha value is -2.40. The van der Waals surface area contributed by atoms with Gasteiger partial charge in [0, 0.05) is 26.7 Å². The van der Waals surface area contributed by atoms with E-state index >= 15 is 0 Å². The second kappa shape index (κ2) is 6.38. The van der Waals surface area contributed by atoms with E-state index in [2.05, 4.69) is 34.1 Å². The Kier molecular flexibility index (Phi) is 4.30. The highest BCUT2D eigenvalue weighted by molar-refractivity contribution is 7.21. The van der Waals surface area contributed by atoms with Crippen LogP contribution in [0.3, 0.4) is 0 Å². The number of carbonyl (C=O) groups is 1. The Balaban J connectivity index is 1.91. The second-order valence-corrected chi connectivity index (χ2v) is 6.57. The fourth-order valence-corrected chi connectivity index (χ4v) is 3.65. The normalized spacial score (nSPS) is 10.9. The zero-order valence-electron chi connectivity index (χ0n) is 13.2. The van der Waals surface area contributed by atoms with E-state index in [9.17, 15) is 4.79 Å². The van der Waals surface area contributed by atoms with Crippen molar-refractivity contribution < 1.29 is 4.79 Å². The molecule has 0 amide bonds. The van der Waals surface area contributed by atoms with Crippen molar-refractivity contribution in [2.75, 3.05) is 24.2 Å². The van der Waals surface area contributed by atoms with Crippen LogP contribution >= 0.6 is 11.3 Å². The zero-order valence-corrected chi connectivity index (χ0v) is 14.1. The summed E-state index contributed by atoms with van der Waals surface area (Å²) < 4.78 is 0. The zero-order chi connectivity index (χ0) is 16.4. The summed E-state index contributed by atoms with van der Waals surface area (Å²) in [5.74, 6) is -0.0108. The number of nitrogen functional groups attached to an aromatic ring is 1. The first kappa shape index (κ1) is 15.5. The number of benzene rings is 1. The fourth-order valence-electron chi connectivity index (χ4n) is 2.67. The van der Waals surface area contributed by atoms with Crippen LogP contribution in [0, 0.1) is 0 Å². The van der Waals surface area contributed by atoms with Gasteiger partial charge in [0.05, 0.1) is 21.6 Å². The molecule has 2 heterocycles. The molecule has 3 aromatic rings. The standard InChI is InChI=1S/C18H19N3OS/c1-12(22)17-16(19)15-14(8-10-20-18(15)23-17)21(2)11-9-13-6-4-3-5-7-13/h3-8,10H,9,11,19H2,1-2H3. The Labute approximate surface area is 139 Å². The van der Waals surface area contributed by atoms with E-state index in [0.717, 1.165) is 28.9 Å². The maximum absolute atomic E-state index is 11.7. The Morgan fingerprint density at radius 2 is 2.00 bits per heavy atom. The highest BCUT2D eigenvalue weighted by Gasteiger charge is 2.18. The first-order valence-electron chi connectivity index (χ1n) is 7.51. The van der Waals surface area contributed by atoms with Crippen molar-refractivity contribution in [1.29, 1.82) is 0 Å². The van der Waals surface area contributed by atoms with E-state index in [1.54, 1.807) is 13.1 Å². The minimum atomic E-state index is -0.0108. The first-order chi connectivity index (χ1) is 11.1. The Morgan fingerprint density at radius 3 is 2.70 bits per heavy atom. The van der Waals surface area contributed by atoms with Gasteiger partial charge in [0.25, 0.3) is 0 Å². The first-order valence-corrected chi connectivity index (χ1v) is 8.32. The molecule has 0 aliphatic heterocycles. The monoisotopic (exact) mass is 325 g/mol. The predicted octanol–water partition coefficient (Wildman–Crippen LogP) is 3.76. The van der Waals surface area contributed by atoms with Crippen molar-refractivity contribution >= 4 is 38.7 Å². The van der Waals surface area contributed by atoms with Gasteiger partial charge in [-0.15, -0.1) is 11.3 Å². The van der Waals surface area contributed by atoms with Gasteiger partial charge in [0.15, 0.2) is 5.78 Å². The average molecular weight is 325 g/mol. The quantitative estimate of drug-likeness (QED) is 0.726. The van der Waals surface area contributed by atoms with Crippen molar-refractivity contribution in [3.8, 4) is 0 Å². The lowest BCUT2D eigenvalue weighted by Gasteiger charge is -2.20. The summed E-state index contributed by atoms with van der Waals surface area (Å²) in [5.41, 5.74) is 9.08. The predicted molar refractivity (Wildman–Crippen MR) is 97.5 cm³/mol. The summed E-state index contributed by atoms with van der Waals surface area (Å²) in [4.78, 5) is 19.7. The van der Waals surface area contributed by atoms with Crippen LogP contribution in [0.4, 0.5) is 11.4 Å². The molecule has 0 bridgehead atoms. The number of nitrogens with two attached hydrogens (primary N) is 1. The summed E-state index contributed by atoms with van der Waals surface area (Å²) in [6.07, 6.45) is 2.72. The van der Waals surface area contributed by atoms with Crippen molar-refractivity contribution in [2.24, 2.45) is 0 Å². The molecule has 0 unspecified atom stereocenters. The van der Waals surface area contributed by atoms with E-state index < -0.39 is 0 Å². The lowest BCUT2D eigenvalue weighted by atomic mass is 10.1. The van der Waals surface area contributed by atoms with Crippen molar-refractivity contribution in [3.63, 3.8) is 0 Å². The van der Waals surface area contributed by atoms with Gasteiger partial charge in [0.2, 0.25) is 0 Å². The minimum Gasteiger partial charge on any atom is -0.397 e. The van der Waals surface area contributed by atoms with Gasteiger partial charge >= 0.3 is 0 Å². The summed E-state index contributed by atoms with van der Waals surface area (Å²) in [6.45, 7) is 2.41. The third kappa shape index (κ3) is 3.05. The van der Waals surface area contributed by atoms with E-state index in [-0.39, 0.29) is 5.78 Å². The average Bonchev–Trinajstić information content (AvgIpc) is 2.91. The molecule has 23 heavy (non-hydrogen) atoms. The van der Waals surface area contributed by atoms with E-state index in [1.807, 2.05) is 19.2 Å². The summed E-state index contributed by atoms with van der Waals surface area (Å²) in [6, 6.07) is 12.3. The lowest BCUT2D eigenvalue weighted by molar-refractivity contribution is 0.102. The number of nitrogens with zero attached hydrogens (tertiary/aromatic N) is 2. The molecule has 4 nitrogen and oxygen atoms in total. The Morgan fingerprint density at radius 1 is 1.26 bits per heavy atom. The summed E-state index contributed by atoms with van der Waals surface area (Å²) in [5, 5.41) is 0.887. The molecule has 2 N–H and O–H groups in total. The number of likely N-dealkylation sites (N-methyl/N-ethyl adjacent to an activating group) is 1. The minimum absolute atomic E-state index is 0.0108. The summed E-state index contributed by atoms with van der Waals surface area (Å²) >= 11 is 1.37. The topological polar surface area (TPSA) is 59.2 Å². The lowest BCUT2D eigenvalue weighted by Crippen LogP contribution is -2.20. The molecule has 0 saturated heterocycles. The third-order valence-corrected chi connectivity index (χ3v) is 5.13. The maximum atomic E-state index is 11.7. The highest BCUT2D eigenvalue weighted by atomic mass is 32.1.